The van der Waals surface area contributed by atoms with Crippen molar-refractivity contribution in [3.8, 4) is 0 Å². The third-order valence-electron chi connectivity index (χ3n) is 2.85. The average molecular weight is 344 g/mol. The number of carbonyl (C=O) groups excluding carboxylic acids is 1. The molecule has 0 aromatic carbocycles. The lowest BCUT2D eigenvalue weighted by Crippen LogP contribution is -2.41. The van der Waals surface area contributed by atoms with Crippen LogP contribution in [0.5, 0.6) is 0 Å². The third kappa shape index (κ3) is 4.80. The molecule has 0 aliphatic heterocycles. The second-order valence-electron chi connectivity index (χ2n) is 4.69. The Morgan fingerprint density at radius 1 is 1.45 bits per heavy atom. The van der Waals surface area contributed by atoms with Gasteiger partial charge in [0.2, 0.25) is 0 Å². The number of nitrogens with one attached hydrogen (secondary N) is 1. The molecule has 0 saturated heterocycles. The highest BCUT2D eigenvalue weighted by molar-refractivity contribution is 9.10. The average Bonchev–Trinajstić information content (AvgIpc) is 2.38. The minimum absolute atomic E-state index is 0.154. The number of hydrogen-bond acceptors (Lipinski definition) is 3. The zero-order chi connectivity index (χ0) is 15.3. The van der Waals surface area contributed by atoms with Crippen molar-refractivity contribution in [2.24, 2.45) is 5.92 Å². The second-order valence-corrected chi connectivity index (χ2v) is 5.61. The van der Waals surface area contributed by atoms with Crippen molar-refractivity contribution < 1.29 is 14.7 Å². The van der Waals surface area contributed by atoms with Crippen LogP contribution in [-0.4, -0.2) is 40.6 Å². The number of carboxylic acids is 1. The summed E-state index contributed by atoms with van der Waals surface area (Å²) < 4.78 is 0.868. The van der Waals surface area contributed by atoms with Crippen molar-refractivity contribution in [2.45, 2.75) is 19.9 Å². The van der Waals surface area contributed by atoms with E-state index in [1.165, 1.54) is 4.90 Å². The Kier molecular flexibility index (Phi) is 5.94. The number of hydrogen-bond donors (Lipinski definition) is 2. The van der Waals surface area contributed by atoms with E-state index in [0.717, 1.165) is 10.2 Å². The highest BCUT2D eigenvalue weighted by atomic mass is 79.9. The van der Waals surface area contributed by atoms with E-state index in [4.69, 9.17) is 5.11 Å². The van der Waals surface area contributed by atoms with Crippen LogP contribution in [-0.2, 0) is 4.79 Å². The minimum atomic E-state index is -0.924. The number of halogens is 1. The topological polar surface area (TPSA) is 82.5 Å². The predicted molar refractivity (Wildman–Crippen MR) is 78.3 cm³/mol. The molecule has 1 aromatic rings. The van der Waals surface area contributed by atoms with Crippen LogP contribution in [0.25, 0.3) is 0 Å². The van der Waals surface area contributed by atoms with E-state index < -0.39 is 11.9 Å². The van der Waals surface area contributed by atoms with E-state index in [2.05, 4.69) is 26.2 Å². The summed E-state index contributed by atoms with van der Waals surface area (Å²) in [6, 6.07) is 3.09. The first-order valence-corrected chi connectivity index (χ1v) is 6.96. The standard InChI is InChI=1S/C13H18BrN3O3/c1-8(12(18)19)7-17(3)13(20)16-9(2)11-5-4-10(14)6-15-11/h4-6,8-9H,7H2,1-3H3,(H,16,20)(H,18,19). The number of rotatable bonds is 5. The SMILES string of the molecule is CC(CN(C)C(=O)NC(C)c1ccc(Br)cn1)C(=O)O. The summed E-state index contributed by atoms with van der Waals surface area (Å²) in [5.74, 6) is -1.53. The predicted octanol–water partition coefficient (Wildman–Crippen LogP) is 2.27. The summed E-state index contributed by atoms with van der Waals surface area (Å²) in [4.78, 5) is 28.3. The van der Waals surface area contributed by atoms with Gasteiger partial charge in [0, 0.05) is 24.3 Å². The third-order valence-corrected chi connectivity index (χ3v) is 3.32. The van der Waals surface area contributed by atoms with Gasteiger partial charge in [-0.05, 0) is 35.0 Å². The molecule has 1 aromatic heterocycles. The Hall–Kier alpha value is -1.63. The van der Waals surface area contributed by atoms with E-state index >= 15 is 0 Å². The normalized spacial score (nSPS) is 13.4. The maximum absolute atomic E-state index is 11.9. The van der Waals surface area contributed by atoms with E-state index in [0.29, 0.717) is 0 Å². The molecule has 0 saturated carbocycles. The van der Waals surface area contributed by atoms with Gasteiger partial charge >= 0.3 is 12.0 Å². The summed E-state index contributed by atoms with van der Waals surface area (Å²) in [6.07, 6.45) is 1.66. The van der Waals surface area contributed by atoms with Gasteiger partial charge in [-0.1, -0.05) is 6.92 Å². The van der Waals surface area contributed by atoms with Crippen molar-refractivity contribution in [1.29, 1.82) is 0 Å². The Balaban J connectivity index is 2.56. The van der Waals surface area contributed by atoms with E-state index in [1.807, 2.05) is 19.1 Å². The molecule has 110 valence electrons. The molecule has 1 rings (SSSR count). The largest absolute Gasteiger partial charge is 0.481 e. The zero-order valence-electron chi connectivity index (χ0n) is 11.6. The number of amides is 2. The molecule has 0 bridgehead atoms. The van der Waals surface area contributed by atoms with Gasteiger partial charge < -0.3 is 15.3 Å². The fourth-order valence-electron chi connectivity index (χ4n) is 1.58. The van der Waals surface area contributed by atoms with Gasteiger partial charge in [0.1, 0.15) is 0 Å². The van der Waals surface area contributed by atoms with Crippen LogP contribution in [0.1, 0.15) is 25.6 Å². The fourth-order valence-corrected chi connectivity index (χ4v) is 1.82. The monoisotopic (exact) mass is 343 g/mol. The van der Waals surface area contributed by atoms with Gasteiger partial charge in [-0.2, -0.15) is 0 Å². The van der Waals surface area contributed by atoms with E-state index in [-0.39, 0.29) is 18.6 Å². The van der Waals surface area contributed by atoms with Crippen molar-refractivity contribution in [3.63, 3.8) is 0 Å². The molecular weight excluding hydrogens is 326 g/mol. The number of aliphatic carboxylic acids is 1. The van der Waals surface area contributed by atoms with Crippen LogP contribution < -0.4 is 5.32 Å². The number of pyridine rings is 1. The molecule has 0 aliphatic carbocycles. The number of urea groups is 1. The van der Waals surface area contributed by atoms with Crippen LogP contribution in [0.15, 0.2) is 22.8 Å². The molecule has 7 heteroatoms. The van der Waals surface area contributed by atoms with Gasteiger partial charge in [0.05, 0.1) is 17.7 Å². The molecule has 0 spiro atoms. The van der Waals surface area contributed by atoms with Gasteiger partial charge in [-0.3, -0.25) is 9.78 Å². The Morgan fingerprint density at radius 3 is 2.60 bits per heavy atom. The van der Waals surface area contributed by atoms with Crippen molar-refractivity contribution in [1.82, 2.24) is 15.2 Å². The van der Waals surface area contributed by atoms with Crippen LogP contribution in [0.3, 0.4) is 0 Å². The lowest BCUT2D eigenvalue weighted by atomic mass is 10.2. The van der Waals surface area contributed by atoms with Crippen LogP contribution in [0, 0.1) is 5.92 Å². The molecule has 2 atom stereocenters. The fraction of sp³-hybridized carbons (Fsp3) is 0.462. The smallest absolute Gasteiger partial charge is 0.317 e. The van der Waals surface area contributed by atoms with Crippen molar-refractivity contribution >= 4 is 27.9 Å². The zero-order valence-corrected chi connectivity index (χ0v) is 13.2. The quantitative estimate of drug-likeness (QED) is 0.858. The molecule has 0 fully saturated rings. The maximum atomic E-state index is 11.9. The molecule has 2 unspecified atom stereocenters. The maximum Gasteiger partial charge on any atom is 0.317 e. The van der Waals surface area contributed by atoms with E-state index in [1.54, 1.807) is 20.2 Å². The van der Waals surface area contributed by atoms with Crippen molar-refractivity contribution in [3.05, 3.63) is 28.5 Å². The second kappa shape index (κ2) is 7.23. The van der Waals surface area contributed by atoms with Gasteiger partial charge in [-0.25, -0.2) is 4.79 Å². The lowest BCUT2D eigenvalue weighted by molar-refractivity contribution is -0.141. The summed E-state index contributed by atoms with van der Waals surface area (Å²) in [6.45, 7) is 3.54. The lowest BCUT2D eigenvalue weighted by Gasteiger charge is -2.22. The van der Waals surface area contributed by atoms with Crippen LogP contribution in [0.4, 0.5) is 4.79 Å². The van der Waals surface area contributed by atoms with Gasteiger partial charge in [0.15, 0.2) is 0 Å². The van der Waals surface area contributed by atoms with Crippen molar-refractivity contribution in [2.75, 3.05) is 13.6 Å². The van der Waals surface area contributed by atoms with E-state index in [9.17, 15) is 9.59 Å². The highest BCUT2D eigenvalue weighted by Crippen LogP contribution is 2.13. The molecule has 2 N–H and O–H groups in total. The Morgan fingerprint density at radius 2 is 2.10 bits per heavy atom. The Labute approximate surface area is 126 Å². The number of carboxylic acid groups (broad SMARTS) is 1. The molecule has 0 radical (unpaired) electrons. The Bertz CT molecular complexity index is 478. The van der Waals surface area contributed by atoms with Gasteiger partial charge in [0.25, 0.3) is 0 Å². The number of aromatic nitrogens is 1. The number of carbonyl (C=O) groups is 2. The number of nitrogens with zero attached hydrogens (tertiary/aromatic N) is 2. The molecule has 6 nitrogen and oxygen atoms in total. The van der Waals surface area contributed by atoms with Crippen LogP contribution in [0.2, 0.25) is 0 Å². The van der Waals surface area contributed by atoms with Gasteiger partial charge in [-0.15, -0.1) is 0 Å². The van der Waals surface area contributed by atoms with Crippen LogP contribution >= 0.6 is 15.9 Å². The molecule has 20 heavy (non-hydrogen) atoms. The summed E-state index contributed by atoms with van der Waals surface area (Å²) in [5, 5.41) is 11.6. The molecule has 2 amide bonds. The first-order chi connectivity index (χ1) is 9.31. The first kappa shape index (κ1) is 16.4. The summed E-state index contributed by atoms with van der Waals surface area (Å²) in [5.41, 5.74) is 0.737. The summed E-state index contributed by atoms with van der Waals surface area (Å²) >= 11 is 3.30. The summed E-state index contributed by atoms with van der Waals surface area (Å²) in [7, 11) is 1.57. The first-order valence-electron chi connectivity index (χ1n) is 6.17. The minimum Gasteiger partial charge on any atom is -0.481 e. The molecular formula is C13H18BrN3O3. The molecule has 0 aliphatic rings. The molecule has 1 heterocycles. The highest BCUT2D eigenvalue weighted by Gasteiger charge is 2.19.